The summed E-state index contributed by atoms with van der Waals surface area (Å²) >= 11 is 0. The van der Waals surface area contributed by atoms with Crippen LogP contribution in [0.3, 0.4) is 0 Å². The molecule has 12 heavy (non-hydrogen) atoms. The Morgan fingerprint density at radius 2 is 1.92 bits per heavy atom. The number of rotatable bonds is 6. The summed E-state index contributed by atoms with van der Waals surface area (Å²) in [5, 5.41) is 0. The molecular weight excluding hydrogens is 184 g/mol. The largest absolute Gasteiger partial charge is 0.396 e. The smallest absolute Gasteiger partial charge is 0.331 e. The molecule has 0 heterocycles. The van der Waals surface area contributed by atoms with Crippen molar-refractivity contribution in [3.63, 3.8) is 0 Å². The van der Waals surface area contributed by atoms with E-state index >= 15 is 0 Å². The van der Waals surface area contributed by atoms with Crippen LogP contribution < -0.4 is 0 Å². The van der Waals surface area contributed by atoms with Gasteiger partial charge in [0.25, 0.3) is 0 Å². The van der Waals surface area contributed by atoms with Gasteiger partial charge in [-0.15, -0.1) is 0 Å². The van der Waals surface area contributed by atoms with Gasteiger partial charge in [-0.2, -0.15) is 0 Å². The first-order chi connectivity index (χ1) is 5.52. The minimum atomic E-state index is -1.86. The van der Waals surface area contributed by atoms with E-state index in [9.17, 15) is 0 Å². The Hall–Kier alpha value is 0.354. The van der Waals surface area contributed by atoms with E-state index in [1.54, 1.807) is 0 Å². The Kier molecular flexibility index (Phi) is 6.08. The van der Waals surface area contributed by atoms with Crippen LogP contribution in [-0.4, -0.2) is 31.1 Å². The van der Waals surface area contributed by atoms with Gasteiger partial charge in [0.15, 0.2) is 0 Å². The minimum absolute atomic E-state index is 0.142. The molecule has 0 N–H and O–H groups in total. The molecule has 1 atom stereocenters. The molecule has 4 heteroatoms. The van der Waals surface area contributed by atoms with Crippen LogP contribution in [-0.2, 0) is 8.85 Å². The maximum Gasteiger partial charge on any atom is 0.331 e. The van der Waals surface area contributed by atoms with Crippen molar-refractivity contribution in [2.45, 2.75) is 45.5 Å². The molecule has 0 aliphatic heterocycles. The third kappa shape index (κ3) is 5.94. The van der Waals surface area contributed by atoms with Gasteiger partial charge in [0.2, 0.25) is 0 Å². The second-order valence-electron chi connectivity index (χ2n) is 3.26. The van der Waals surface area contributed by atoms with Gasteiger partial charge in [-0.25, -0.2) is 0 Å². The van der Waals surface area contributed by atoms with Crippen LogP contribution in [0, 0.1) is 0 Å². The molecule has 0 rings (SSSR count). The van der Waals surface area contributed by atoms with Crippen molar-refractivity contribution in [2.75, 3.05) is 6.61 Å². The Labute approximate surface area is 80.3 Å². The van der Waals surface area contributed by atoms with E-state index in [0.717, 1.165) is 19.4 Å². The summed E-state index contributed by atoms with van der Waals surface area (Å²) in [6, 6.07) is 0. The monoisotopic (exact) mass is 203 g/mol. The Balaban J connectivity index is 3.69. The molecule has 3 radical (unpaired) electrons. The number of hydrogen-bond donors (Lipinski definition) is 0. The SMILES string of the molecule is CCCO[Si](C)(C)OC([Si])CC. The molecule has 2 nitrogen and oxygen atoms in total. The third-order valence-corrected chi connectivity index (χ3v) is 3.96. The second kappa shape index (κ2) is 5.91. The zero-order chi connectivity index (χ0) is 9.61. The van der Waals surface area contributed by atoms with Crippen LogP contribution in [0.15, 0.2) is 0 Å². The van der Waals surface area contributed by atoms with E-state index in [0.29, 0.717) is 0 Å². The van der Waals surface area contributed by atoms with Crippen molar-refractivity contribution in [2.24, 2.45) is 0 Å². The quantitative estimate of drug-likeness (QED) is 0.615. The summed E-state index contributed by atoms with van der Waals surface area (Å²) in [7, 11) is 1.63. The molecule has 1 unspecified atom stereocenters. The summed E-state index contributed by atoms with van der Waals surface area (Å²) in [6.45, 7) is 9.15. The highest BCUT2D eigenvalue weighted by Gasteiger charge is 2.25. The summed E-state index contributed by atoms with van der Waals surface area (Å²) in [6.07, 6.45) is 2.03. The van der Waals surface area contributed by atoms with Gasteiger partial charge in [0.05, 0.1) is 10.2 Å². The molecule has 0 bridgehead atoms. The molecule has 0 aromatic carbocycles. The molecular formula is C8H19O2Si2. The lowest BCUT2D eigenvalue weighted by atomic mass is 10.5. The fourth-order valence-corrected chi connectivity index (χ4v) is 3.27. The second-order valence-corrected chi connectivity index (χ2v) is 7.23. The zero-order valence-electron chi connectivity index (χ0n) is 8.52. The van der Waals surface area contributed by atoms with Gasteiger partial charge in [-0.1, -0.05) is 13.8 Å². The lowest BCUT2D eigenvalue weighted by Gasteiger charge is -2.26. The highest BCUT2D eigenvalue weighted by molar-refractivity contribution is 6.64. The number of hydrogen-bond acceptors (Lipinski definition) is 2. The lowest BCUT2D eigenvalue weighted by Crippen LogP contribution is -2.39. The average Bonchev–Trinajstić information content (AvgIpc) is 2.00. The molecule has 0 aromatic heterocycles. The molecule has 0 amide bonds. The van der Waals surface area contributed by atoms with Crippen LogP contribution in [0.5, 0.6) is 0 Å². The molecule has 71 valence electrons. The first kappa shape index (κ1) is 12.4. The van der Waals surface area contributed by atoms with Crippen LogP contribution in [0.4, 0.5) is 0 Å². The Morgan fingerprint density at radius 1 is 1.33 bits per heavy atom. The molecule has 0 fully saturated rings. The third-order valence-electron chi connectivity index (χ3n) is 1.45. The topological polar surface area (TPSA) is 18.5 Å². The Morgan fingerprint density at radius 3 is 2.33 bits per heavy atom. The van der Waals surface area contributed by atoms with Gasteiger partial charge >= 0.3 is 8.56 Å². The van der Waals surface area contributed by atoms with Crippen molar-refractivity contribution in [1.82, 2.24) is 0 Å². The van der Waals surface area contributed by atoms with E-state index < -0.39 is 8.56 Å². The first-order valence-electron chi connectivity index (χ1n) is 4.54. The summed E-state index contributed by atoms with van der Waals surface area (Å²) in [5.41, 5.74) is 0.142. The molecule has 0 saturated heterocycles. The maximum absolute atomic E-state index is 5.72. The predicted molar refractivity (Wildman–Crippen MR) is 54.6 cm³/mol. The standard InChI is InChI=1S/C8H19O2Si2/c1-5-7-9-12(3,4)10-8(11)6-2/h8H,5-7H2,1-4H3. The van der Waals surface area contributed by atoms with E-state index in [4.69, 9.17) is 8.85 Å². The van der Waals surface area contributed by atoms with Crippen LogP contribution in [0.25, 0.3) is 0 Å². The van der Waals surface area contributed by atoms with Gasteiger partial charge in [-0.05, 0) is 25.9 Å². The maximum atomic E-state index is 5.72. The van der Waals surface area contributed by atoms with Gasteiger partial charge in [-0.3, -0.25) is 0 Å². The summed E-state index contributed by atoms with van der Waals surface area (Å²) < 4.78 is 11.4. The fourth-order valence-electron chi connectivity index (χ4n) is 0.808. The fraction of sp³-hybridized carbons (Fsp3) is 1.00. The Bertz CT molecular complexity index is 118. The predicted octanol–water partition coefficient (Wildman–Crippen LogP) is 2.04. The van der Waals surface area contributed by atoms with Gasteiger partial charge < -0.3 is 8.85 Å². The van der Waals surface area contributed by atoms with E-state index in [1.807, 2.05) is 0 Å². The van der Waals surface area contributed by atoms with Gasteiger partial charge in [0, 0.05) is 12.3 Å². The van der Waals surface area contributed by atoms with Crippen molar-refractivity contribution in [3.05, 3.63) is 0 Å². The highest BCUT2D eigenvalue weighted by Crippen LogP contribution is 2.10. The average molecular weight is 203 g/mol. The van der Waals surface area contributed by atoms with Crippen molar-refractivity contribution in [1.29, 1.82) is 0 Å². The minimum Gasteiger partial charge on any atom is -0.396 e. The van der Waals surface area contributed by atoms with Crippen molar-refractivity contribution >= 4 is 18.8 Å². The van der Waals surface area contributed by atoms with E-state index in [2.05, 4.69) is 37.2 Å². The molecule has 0 saturated carbocycles. The van der Waals surface area contributed by atoms with Crippen LogP contribution >= 0.6 is 0 Å². The molecule has 0 spiro atoms. The van der Waals surface area contributed by atoms with Gasteiger partial charge in [0.1, 0.15) is 0 Å². The van der Waals surface area contributed by atoms with Crippen molar-refractivity contribution < 1.29 is 8.85 Å². The lowest BCUT2D eigenvalue weighted by molar-refractivity contribution is 0.160. The first-order valence-corrected chi connectivity index (χ1v) is 7.94. The molecule has 0 aromatic rings. The highest BCUT2D eigenvalue weighted by atomic mass is 28.4. The van der Waals surface area contributed by atoms with E-state index in [1.165, 1.54) is 0 Å². The van der Waals surface area contributed by atoms with Crippen LogP contribution in [0.1, 0.15) is 26.7 Å². The zero-order valence-corrected chi connectivity index (χ0v) is 10.5. The molecule has 0 aliphatic carbocycles. The summed E-state index contributed by atoms with van der Waals surface area (Å²) in [5.74, 6) is 0. The van der Waals surface area contributed by atoms with E-state index in [-0.39, 0.29) is 5.73 Å². The molecule has 0 aliphatic rings. The summed E-state index contributed by atoms with van der Waals surface area (Å²) in [4.78, 5) is 0. The van der Waals surface area contributed by atoms with Crippen molar-refractivity contribution in [3.8, 4) is 0 Å². The van der Waals surface area contributed by atoms with Crippen LogP contribution in [0.2, 0.25) is 13.1 Å². The normalized spacial score (nSPS) is 14.8.